The van der Waals surface area contributed by atoms with E-state index in [9.17, 15) is 43.2 Å². The minimum Gasteiger partial charge on any atom is -0.462 e. The van der Waals surface area contributed by atoms with Crippen molar-refractivity contribution in [3.05, 3.63) is 0 Å². The van der Waals surface area contributed by atoms with E-state index in [1.165, 1.54) is 257 Å². The van der Waals surface area contributed by atoms with Crippen molar-refractivity contribution in [2.75, 3.05) is 39.6 Å². The van der Waals surface area contributed by atoms with Gasteiger partial charge in [-0.15, -0.1) is 0 Å². The van der Waals surface area contributed by atoms with Crippen LogP contribution in [0.2, 0.25) is 0 Å². The molecule has 19 heteroatoms. The van der Waals surface area contributed by atoms with E-state index in [2.05, 4.69) is 34.6 Å². The van der Waals surface area contributed by atoms with E-state index in [0.29, 0.717) is 25.7 Å². The second kappa shape index (κ2) is 73.9. The number of hydrogen-bond donors (Lipinski definition) is 3. The SMILES string of the molecule is CCCCCCCCCCCCCCCCCCC(=O)OC[C@H](COP(=O)(O)OC[C@@H](O)COP(=O)(O)OC[C@@H](COC(=O)CCCCCCCCCCCC)OC(=O)CCCCCCCCCCCCCCCCCC)OC(=O)CCCCCCCCCCCCCCCCC(C)CC. The highest BCUT2D eigenvalue weighted by Gasteiger charge is 2.30. The Labute approximate surface area is 613 Å². The molecule has 0 aliphatic rings. The lowest BCUT2D eigenvalue weighted by atomic mass is 9.99. The number of rotatable bonds is 81. The summed E-state index contributed by atoms with van der Waals surface area (Å²) in [7, 11) is -9.92. The second-order valence-corrected chi connectivity index (χ2v) is 32.3. The quantitative estimate of drug-likeness (QED) is 0.0222. The fourth-order valence-corrected chi connectivity index (χ4v) is 14.1. The molecule has 3 N–H and O–H groups in total. The van der Waals surface area contributed by atoms with Crippen LogP contribution in [0.4, 0.5) is 0 Å². The predicted molar refractivity (Wildman–Crippen MR) is 409 cm³/mol. The van der Waals surface area contributed by atoms with E-state index in [1.54, 1.807) is 0 Å². The molecule has 6 atom stereocenters. The van der Waals surface area contributed by atoms with Gasteiger partial charge in [-0.25, -0.2) is 9.13 Å². The molecule has 0 saturated heterocycles. The molecule has 100 heavy (non-hydrogen) atoms. The van der Waals surface area contributed by atoms with Gasteiger partial charge in [0.05, 0.1) is 26.4 Å². The molecule has 0 rings (SSSR count). The van der Waals surface area contributed by atoms with Crippen LogP contribution in [0.5, 0.6) is 0 Å². The fraction of sp³-hybridized carbons (Fsp3) is 0.951. The number of carbonyl (C=O) groups is 4. The van der Waals surface area contributed by atoms with Crippen molar-refractivity contribution < 1.29 is 80.2 Å². The average Bonchev–Trinajstić information content (AvgIpc) is 0.967. The lowest BCUT2D eigenvalue weighted by Crippen LogP contribution is -2.30. The zero-order valence-electron chi connectivity index (χ0n) is 65.3. The van der Waals surface area contributed by atoms with E-state index >= 15 is 0 Å². The number of esters is 4. The molecule has 0 fully saturated rings. The molecular weight excluding hydrogens is 1310 g/mol. The van der Waals surface area contributed by atoms with Crippen molar-refractivity contribution in [1.82, 2.24) is 0 Å². The van der Waals surface area contributed by atoms with Crippen LogP contribution in [-0.2, 0) is 65.4 Å². The Balaban J connectivity index is 5.24. The first-order chi connectivity index (χ1) is 48.6. The molecule has 3 unspecified atom stereocenters. The van der Waals surface area contributed by atoms with Crippen molar-refractivity contribution in [1.29, 1.82) is 0 Å². The molecule has 0 aromatic rings. The topological polar surface area (TPSA) is 237 Å². The number of aliphatic hydroxyl groups excluding tert-OH is 1. The molecule has 0 aromatic carbocycles. The van der Waals surface area contributed by atoms with Gasteiger partial charge in [0, 0.05) is 25.7 Å². The molecule has 0 heterocycles. The average molecular weight is 1470 g/mol. The maximum Gasteiger partial charge on any atom is 0.472 e. The third-order valence-electron chi connectivity index (χ3n) is 19.4. The van der Waals surface area contributed by atoms with Crippen molar-refractivity contribution in [2.45, 2.75) is 451 Å². The molecule has 17 nitrogen and oxygen atoms in total. The van der Waals surface area contributed by atoms with Crippen LogP contribution in [-0.4, -0.2) is 96.7 Å². The molecule has 0 saturated carbocycles. The Morgan fingerprint density at radius 1 is 0.280 bits per heavy atom. The molecule has 0 amide bonds. The minimum atomic E-state index is -4.96. The first-order valence-corrected chi connectivity index (χ1v) is 45.2. The maximum absolute atomic E-state index is 13.1. The van der Waals surface area contributed by atoms with Gasteiger partial charge < -0.3 is 33.8 Å². The van der Waals surface area contributed by atoms with Gasteiger partial charge in [0.1, 0.15) is 19.3 Å². The molecule has 594 valence electrons. The summed E-state index contributed by atoms with van der Waals surface area (Å²) < 4.78 is 68.7. The Hall–Kier alpha value is -1.94. The van der Waals surface area contributed by atoms with Gasteiger partial charge in [-0.1, -0.05) is 381 Å². The largest absolute Gasteiger partial charge is 0.472 e. The van der Waals surface area contributed by atoms with Crippen LogP contribution >= 0.6 is 15.6 Å². The van der Waals surface area contributed by atoms with Crippen LogP contribution < -0.4 is 0 Å². The van der Waals surface area contributed by atoms with E-state index in [1.807, 2.05) is 0 Å². The highest BCUT2D eigenvalue weighted by atomic mass is 31.2. The normalized spacial score (nSPS) is 14.1. The Morgan fingerprint density at radius 2 is 0.480 bits per heavy atom. The summed E-state index contributed by atoms with van der Waals surface area (Å²) in [5.74, 6) is -1.26. The first kappa shape index (κ1) is 98.1. The van der Waals surface area contributed by atoms with Crippen molar-refractivity contribution in [3.63, 3.8) is 0 Å². The van der Waals surface area contributed by atoms with Crippen LogP contribution in [0.1, 0.15) is 433 Å². The lowest BCUT2D eigenvalue weighted by molar-refractivity contribution is -0.161. The third kappa shape index (κ3) is 73.0. The highest BCUT2D eigenvalue weighted by molar-refractivity contribution is 7.47. The molecule has 0 radical (unpaired) electrons. The number of carbonyl (C=O) groups excluding carboxylic acids is 4. The minimum absolute atomic E-state index is 0.109. The number of unbranched alkanes of at least 4 members (excludes halogenated alkanes) is 52. The fourth-order valence-electron chi connectivity index (χ4n) is 12.6. The lowest BCUT2D eigenvalue weighted by Gasteiger charge is -2.21. The zero-order chi connectivity index (χ0) is 73.4. The molecule has 0 aliphatic carbocycles. The van der Waals surface area contributed by atoms with Gasteiger partial charge in [-0.05, 0) is 31.6 Å². The van der Waals surface area contributed by atoms with Crippen molar-refractivity contribution in [3.8, 4) is 0 Å². The molecule has 0 bridgehead atoms. The molecule has 0 spiro atoms. The smallest absolute Gasteiger partial charge is 0.462 e. The van der Waals surface area contributed by atoms with Crippen LogP contribution in [0, 0.1) is 5.92 Å². The monoisotopic (exact) mass is 1470 g/mol. The molecule has 0 aromatic heterocycles. The van der Waals surface area contributed by atoms with Gasteiger partial charge in [0.15, 0.2) is 12.2 Å². The van der Waals surface area contributed by atoms with Gasteiger partial charge in [-0.2, -0.15) is 0 Å². The Bertz CT molecular complexity index is 1910. The van der Waals surface area contributed by atoms with Gasteiger partial charge in [-0.3, -0.25) is 37.3 Å². The summed E-state index contributed by atoms with van der Waals surface area (Å²) in [4.78, 5) is 73.0. The molecule has 0 aliphatic heterocycles. The van der Waals surface area contributed by atoms with Gasteiger partial charge in [0.2, 0.25) is 0 Å². The number of ether oxygens (including phenoxy) is 4. The van der Waals surface area contributed by atoms with Crippen molar-refractivity contribution in [2.24, 2.45) is 5.92 Å². The molecular formula is C81H158O17P2. The summed E-state index contributed by atoms with van der Waals surface area (Å²) in [5.41, 5.74) is 0. The zero-order valence-corrected chi connectivity index (χ0v) is 67.1. The number of phosphoric ester groups is 2. The van der Waals surface area contributed by atoms with E-state index in [-0.39, 0.29) is 25.7 Å². The highest BCUT2D eigenvalue weighted by Crippen LogP contribution is 2.45. The van der Waals surface area contributed by atoms with Crippen LogP contribution in [0.15, 0.2) is 0 Å². The summed E-state index contributed by atoms with van der Waals surface area (Å²) in [6.45, 7) is 7.39. The Morgan fingerprint density at radius 3 is 0.710 bits per heavy atom. The van der Waals surface area contributed by atoms with Gasteiger partial charge in [0.25, 0.3) is 0 Å². The van der Waals surface area contributed by atoms with Crippen LogP contribution in [0.25, 0.3) is 0 Å². The Kier molecular flexibility index (Phi) is 72.5. The number of phosphoric acid groups is 2. The van der Waals surface area contributed by atoms with Gasteiger partial charge >= 0.3 is 39.5 Å². The van der Waals surface area contributed by atoms with E-state index in [0.717, 1.165) is 95.8 Å². The van der Waals surface area contributed by atoms with Crippen molar-refractivity contribution >= 4 is 39.5 Å². The third-order valence-corrected chi connectivity index (χ3v) is 21.3. The second-order valence-electron chi connectivity index (χ2n) is 29.4. The standard InChI is InChI=1S/C81H158O17P2/c1-6-10-13-16-19-22-25-27-29-31-36-40-45-50-55-60-65-79(84)92-71-77(98-81(86)67-62-57-52-47-42-38-34-33-35-39-43-48-53-58-63-74(5)9-4)73-96-100(89,90)94-69-75(82)68-93-99(87,88)95-72-76(70-91-78(83)64-59-54-49-44-24-21-18-15-12-8-3)97-80(85)66-61-56-51-46-41-37-32-30-28-26-23-20-17-14-11-7-2/h74-77,82H,6-73H2,1-5H3,(H,87,88)(H,89,90)/t74?,75-,76+,77+/m0/s1. The first-order valence-electron chi connectivity index (χ1n) is 42.2. The van der Waals surface area contributed by atoms with Crippen LogP contribution in [0.3, 0.4) is 0 Å². The summed E-state index contributed by atoms with van der Waals surface area (Å²) in [6.07, 6.45) is 65.0. The van der Waals surface area contributed by atoms with E-state index in [4.69, 9.17) is 37.0 Å². The summed E-state index contributed by atoms with van der Waals surface area (Å²) in [6, 6.07) is 0. The number of hydrogen-bond acceptors (Lipinski definition) is 15. The predicted octanol–water partition coefficient (Wildman–Crippen LogP) is 24.4. The van der Waals surface area contributed by atoms with E-state index < -0.39 is 97.5 Å². The summed E-state index contributed by atoms with van der Waals surface area (Å²) >= 11 is 0. The number of aliphatic hydroxyl groups is 1. The summed E-state index contributed by atoms with van der Waals surface area (Å²) in [5, 5.41) is 10.6. The maximum atomic E-state index is 13.1.